The van der Waals surface area contributed by atoms with Gasteiger partial charge in [-0.15, -0.1) is 0 Å². The summed E-state index contributed by atoms with van der Waals surface area (Å²) in [6.07, 6.45) is 0. The summed E-state index contributed by atoms with van der Waals surface area (Å²) in [7, 11) is 0. The second-order valence-electron chi connectivity index (χ2n) is 4.18. The summed E-state index contributed by atoms with van der Waals surface area (Å²) < 4.78 is 19.4. The molecule has 0 radical (unpaired) electrons. The van der Waals surface area contributed by atoms with E-state index in [-0.39, 0.29) is 11.9 Å². The molecule has 0 aliphatic rings. The zero-order valence-corrected chi connectivity index (χ0v) is 12.2. The van der Waals surface area contributed by atoms with Crippen molar-refractivity contribution in [3.8, 4) is 5.75 Å². The molecule has 0 spiro atoms. The molecule has 2 aromatic rings. The van der Waals surface area contributed by atoms with Crippen LogP contribution < -0.4 is 10.5 Å². The molecule has 2 rings (SSSR count). The number of nitrogens with two attached hydrogens (primary N) is 1. The van der Waals surface area contributed by atoms with E-state index in [0.29, 0.717) is 11.1 Å². The number of halogens is 2. The third-order valence-corrected chi connectivity index (χ3v) is 3.25. The minimum absolute atomic E-state index is 0.300. The maximum Gasteiger partial charge on any atom is 0.124 e. The maximum absolute atomic E-state index is 13.4. The third-order valence-electron chi connectivity index (χ3n) is 2.79. The zero-order valence-electron chi connectivity index (χ0n) is 10.6. The highest BCUT2D eigenvalue weighted by Crippen LogP contribution is 2.25. The summed E-state index contributed by atoms with van der Waals surface area (Å²) in [4.78, 5) is 0. The first-order chi connectivity index (χ1) is 9.10. The average molecular weight is 324 g/mol. The van der Waals surface area contributed by atoms with E-state index in [0.717, 1.165) is 16.9 Å². The van der Waals surface area contributed by atoms with Crippen molar-refractivity contribution in [2.24, 2.45) is 5.73 Å². The number of hydrogen-bond acceptors (Lipinski definition) is 2. The number of hydrogen-bond donors (Lipinski definition) is 1. The Morgan fingerprint density at radius 3 is 2.42 bits per heavy atom. The van der Waals surface area contributed by atoms with Crippen molar-refractivity contribution in [2.45, 2.75) is 13.0 Å². The molecule has 0 aliphatic heterocycles. The topological polar surface area (TPSA) is 35.2 Å². The van der Waals surface area contributed by atoms with Crippen LogP contribution in [-0.2, 0) is 0 Å². The summed E-state index contributed by atoms with van der Waals surface area (Å²) in [6, 6.07) is 11.9. The Morgan fingerprint density at radius 2 is 1.84 bits per heavy atom. The molecular formula is C15H15BrFNO. The van der Waals surface area contributed by atoms with Crippen LogP contribution in [0.3, 0.4) is 0 Å². The Bertz CT molecular complexity index is 536. The molecule has 19 heavy (non-hydrogen) atoms. The Hall–Kier alpha value is -1.39. The largest absolute Gasteiger partial charge is 0.494 e. The molecule has 1 atom stereocenters. The van der Waals surface area contributed by atoms with Gasteiger partial charge in [0, 0.05) is 4.47 Å². The number of benzene rings is 2. The van der Waals surface area contributed by atoms with E-state index in [4.69, 9.17) is 10.5 Å². The van der Waals surface area contributed by atoms with Crippen molar-refractivity contribution in [3.05, 3.63) is 63.9 Å². The van der Waals surface area contributed by atoms with Crippen molar-refractivity contribution in [1.82, 2.24) is 0 Å². The molecule has 2 nitrogen and oxygen atoms in total. The highest BCUT2D eigenvalue weighted by atomic mass is 79.9. The van der Waals surface area contributed by atoms with Gasteiger partial charge in [-0.25, -0.2) is 4.39 Å². The second-order valence-corrected chi connectivity index (χ2v) is 5.10. The van der Waals surface area contributed by atoms with Crippen LogP contribution in [0.2, 0.25) is 0 Å². The average Bonchev–Trinajstić information content (AvgIpc) is 2.38. The van der Waals surface area contributed by atoms with Crippen LogP contribution in [0.15, 0.2) is 46.9 Å². The molecule has 100 valence electrons. The SMILES string of the molecule is CCOc1ccc(C(N)c2cc(F)cc(Br)c2)cc1. The van der Waals surface area contributed by atoms with E-state index in [1.54, 1.807) is 0 Å². The summed E-state index contributed by atoms with van der Waals surface area (Å²) in [6.45, 7) is 2.56. The molecule has 2 aromatic carbocycles. The summed E-state index contributed by atoms with van der Waals surface area (Å²) in [5, 5.41) is 0. The molecule has 2 N–H and O–H groups in total. The molecule has 4 heteroatoms. The molecule has 0 amide bonds. The van der Waals surface area contributed by atoms with Gasteiger partial charge in [0.1, 0.15) is 11.6 Å². The first kappa shape index (κ1) is 14.0. The first-order valence-electron chi connectivity index (χ1n) is 6.04. The first-order valence-corrected chi connectivity index (χ1v) is 6.83. The Labute approximate surface area is 120 Å². The molecule has 1 unspecified atom stereocenters. The lowest BCUT2D eigenvalue weighted by molar-refractivity contribution is 0.340. The molecule has 0 saturated heterocycles. The standard InChI is InChI=1S/C15H15BrFNO/c1-2-19-14-5-3-10(4-6-14)15(18)11-7-12(16)9-13(17)8-11/h3-9,15H,2,18H2,1H3. The monoisotopic (exact) mass is 323 g/mol. The Kier molecular flexibility index (Phi) is 4.56. The molecule has 0 saturated carbocycles. The van der Waals surface area contributed by atoms with Crippen molar-refractivity contribution in [3.63, 3.8) is 0 Å². The van der Waals surface area contributed by atoms with Gasteiger partial charge in [0.25, 0.3) is 0 Å². The third kappa shape index (κ3) is 3.55. The van der Waals surface area contributed by atoms with E-state index in [9.17, 15) is 4.39 Å². The van der Waals surface area contributed by atoms with Crippen molar-refractivity contribution in [2.75, 3.05) is 6.61 Å². The minimum atomic E-state index is -0.359. The molecular weight excluding hydrogens is 309 g/mol. The minimum Gasteiger partial charge on any atom is -0.494 e. The predicted molar refractivity (Wildman–Crippen MR) is 77.7 cm³/mol. The number of rotatable bonds is 4. The van der Waals surface area contributed by atoms with Crippen LogP contribution in [-0.4, -0.2) is 6.61 Å². The smallest absolute Gasteiger partial charge is 0.124 e. The molecule has 0 aromatic heterocycles. The Morgan fingerprint density at radius 1 is 1.16 bits per heavy atom. The fraction of sp³-hybridized carbons (Fsp3) is 0.200. The van der Waals surface area contributed by atoms with Gasteiger partial charge < -0.3 is 10.5 Å². The summed E-state index contributed by atoms with van der Waals surface area (Å²) in [5.74, 6) is 0.504. The van der Waals surface area contributed by atoms with Crippen LogP contribution in [0.5, 0.6) is 5.75 Å². The quantitative estimate of drug-likeness (QED) is 0.921. The molecule has 0 bridgehead atoms. The van der Waals surface area contributed by atoms with Gasteiger partial charge in [-0.2, -0.15) is 0 Å². The predicted octanol–water partition coefficient (Wildman–Crippen LogP) is 4.04. The van der Waals surface area contributed by atoms with Crippen molar-refractivity contribution in [1.29, 1.82) is 0 Å². The fourth-order valence-corrected chi connectivity index (χ4v) is 2.37. The number of ether oxygens (including phenoxy) is 1. The van der Waals surface area contributed by atoms with Gasteiger partial charge >= 0.3 is 0 Å². The summed E-state index contributed by atoms with van der Waals surface area (Å²) >= 11 is 3.27. The lowest BCUT2D eigenvalue weighted by Crippen LogP contribution is -2.12. The lowest BCUT2D eigenvalue weighted by Gasteiger charge is -2.14. The highest BCUT2D eigenvalue weighted by Gasteiger charge is 2.11. The van der Waals surface area contributed by atoms with Gasteiger partial charge in [0.05, 0.1) is 12.6 Å². The van der Waals surface area contributed by atoms with Crippen LogP contribution in [0.25, 0.3) is 0 Å². The van der Waals surface area contributed by atoms with Crippen LogP contribution in [0.4, 0.5) is 4.39 Å². The van der Waals surface area contributed by atoms with E-state index in [1.807, 2.05) is 37.3 Å². The fourth-order valence-electron chi connectivity index (χ4n) is 1.89. The van der Waals surface area contributed by atoms with Crippen LogP contribution in [0, 0.1) is 5.82 Å². The summed E-state index contributed by atoms with van der Waals surface area (Å²) in [5.41, 5.74) is 7.80. The van der Waals surface area contributed by atoms with Gasteiger partial charge in [-0.3, -0.25) is 0 Å². The normalized spacial score (nSPS) is 12.2. The Balaban J connectivity index is 2.25. The van der Waals surface area contributed by atoms with Gasteiger partial charge in [-0.05, 0) is 48.4 Å². The molecule has 0 aliphatic carbocycles. The highest BCUT2D eigenvalue weighted by molar-refractivity contribution is 9.10. The zero-order chi connectivity index (χ0) is 13.8. The van der Waals surface area contributed by atoms with Gasteiger partial charge in [0.2, 0.25) is 0 Å². The molecule has 0 heterocycles. The van der Waals surface area contributed by atoms with Crippen molar-refractivity contribution >= 4 is 15.9 Å². The van der Waals surface area contributed by atoms with E-state index >= 15 is 0 Å². The van der Waals surface area contributed by atoms with E-state index in [2.05, 4.69) is 15.9 Å². The molecule has 0 fully saturated rings. The maximum atomic E-state index is 13.4. The van der Waals surface area contributed by atoms with Crippen LogP contribution in [0.1, 0.15) is 24.1 Å². The van der Waals surface area contributed by atoms with Gasteiger partial charge in [0.15, 0.2) is 0 Å². The van der Waals surface area contributed by atoms with E-state index < -0.39 is 0 Å². The lowest BCUT2D eigenvalue weighted by atomic mass is 9.99. The van der Waals surface area contributed by atoms with Crippen LogP contribution >= 0.6 is 15.9 Å². The second kappa shape index (κ2) is 6.17. The van der Waals surface area contributed by atoms with Crippen molar-refractivity contribution < 1.29 is 9.13 Å². The van der Waals surface area contributed by atoms with E-state index in [1.165, 1.54) is 12.1 Å². The van der Waals surface area contributed by atoms with Gasteiger partial charge in [-0.1, -0.05) is 28.1 Å².